The molecule has 0 N–H and O–H groups in total. The van der Waals surface area contributed by atoms with Crippen molar-refractivity contribution < 1.29 is 22.7 Å². The molecule has 1 aliphatic heterocycles. The van der Waals surface area contributed by atoms with Gasteiger partial charge in [-0.25, -0.2) is 8.42 Å². The van der Waals surface area contributed by atoms with E-state index in [1.165, 1.54) is 42.7 Å². The molecule has 1 fully saturated rings. The van der Waals surface area contributed by atoms with Gasteiger partial charge in [0.05, 0.1) is 22.2 Å². The number of hydrogen-bond acceptors (Lipinski definition) is 6. The van der Waals surface area contributed by atoms with Gasteiger partial charge in [0, 0.05) is 22.6 Å². The summed E-state index contributed by atoms with van der Waals surface area (Å²) in [4.78, 5) is 29.7. The van der Waals surface area contributed by atoms with Gasteiger partial charge in [-0.05, 0) is 61.7 Å². The molecule has 186 valence electrons. The Morgan fingerprint density at radius 2 is 1.91 bits per heavy atom. The number of carbonyl (C=O) groups excluding carboxylic acids is 2. The minimum absolute atomic E-state index is 0.00307. The second-order valence-corrected chi connectivity index (χ2v) is 12.1. The number of halogens is 1. The third kappa shape index (κ3) is 5.42. The summed E-state index contributed by atoms with van der Waals surface area (Å²) in [5, 5.41) is 0. The van der Waals surface area contributed by atoms with E-state index in [4.69, 9.17) is 4.74 Å². The van der Waals surface area contributed by atoms with Crippen molar-refractivity contribution in [3.63, 3.8) is 0 Å². The monoisotopic (exact) mass is 579 g/mol. The van der Waals surface area contributed by atoms with Gasteiger partial charge >= 0.3 is 5.97 Å². The normalized spacial score (nSPS) is 17.6. The Morgan fingerprint density at radius 3 is 2.60 bits per heavy atom. The van der Waals surface area contributed by atoms with Crippen molar-refractivity contribution >= 4 is 59.4 Å². The van der Waals surface area contributed by atoms with Crippen LogP contribution in [0.2, 0.25) is 0 Å². The molecule has 2 aromatic carbocycles. The van der Waals surface area contributed by atoms with E-state index in [2.05, 4.69) is 20.9 Å². The zero-order valence-corrected chi connectivity index (χ0v) is 22.7. The number of hydrogen-bond donors (Lipinski definition) is 0. The molecule has 0 saturated carbocycles. The zero-order chi connectivity index (χ0) is 25.2. The molecule has 0 bridgehead atoms. The summed E-state index contributed by atoms with van der Waals surface area (Å²) in [5.41, 5.74) is 1.02. The first-order valence-corrected chi connectivity index (χ1v) is 14.4. The summed E-state index contributed by atoms with van der Waals surface area (Å²) in [5.74, 6) is -0.984. The third-order valence-corrected chi connectivity index (χ3v) is 9.61. The molecule has 0 spiro atoms. The van der Waals surface area contributed by atoms with E-state index < -0.39 is 21.9 Å². The zero-order valence-electron chi connectivity index (χ0n) is 19.4. The lowest BCUT2D eigenvalue weighted by Gasteiger charge is -2.34. The van der Waals surface area contributed by atoms with Crippen LogP contribution in [0.3, 0.4) is 0 Å². The molecule has 2 heterocycles. The number of sulfonamides is 1. The maximum absolute atomic E-state index is 13.2. The lowest BCUT2D eigenvalue weighted by atomic mass is 10.0. The highest BCUT2D eigenvalue weighted by Crippen LogP contribution is 2.27. The molecule has 1 unspecified atom stereocenters. The van der Waals surface area contributed by atoms with Gasteiger partial charge in [0.2, 0.25) is 10.0 Å². The summed E-state index contributed by atoms with van der Waals surface area (Å²) in [6, 6.07) is 11.5. The van der Waals surface area contributed by atoms with E-state index in [9.17, 15) is 18.0 Å². The lowest BCUT2D eigenvalue weighted by molar-refractivity contribution is -0.141. The van der Waals surface area contributed by atoms with Gasteiger partial charge in [-0.15, -0.1) is 0 Å². The maximum Gasteiger partial charge on any atom is 0.325 e. The van der Waals surface area contributed by atoms with E-state index >= 15 is 0 Å². The largest absolute Gasteiger partial charge is 0.468 e. The average molecular weight is 581 g/mol. The fraction of sp³-hybridized carbons (Fsp3) is 0.375. The number of rotatable bonds is 6. The molecule has 4 rings (SSSR count). The maximum atomic E-state index is 13.2. The van der Waals surface area contributed by atoms with E-state index in [0.29, 0.717) is 11.3 Å². The van der Waals surface area contributed by atoms with E-state index in [-0.39, 0.29) is 23.0 Å². The molecule has 1 saturated heterocycles. The Hall–Kier alpha value is -2.34. The van der Waals surface area contributed by atoms with Gasteiger partial charge in [0.15, 0.2) is 4.80 Å². The Labute approximate surface area is 216 Å². The number of nitrogens with zero attached hydrogens (tertiary/aromatic N) is 3. The predicted molar refractivity (Wildman–Crippen MR) is 138 cm³/mol. The Kier molecular flexibility index (Phi) is 7.89. The molecule has 1 amide bonds. The first kappa shape index (κ1) is 25.7. The van der Waals surface area contributed by atoms with Crippen LogP contribution >= 0.6 is 27.3 Å². The van der Waals surface area contributed by atoms with Crippen LogP contribution in [-0.2, 0) is 26.1 Å². The average Bonchev–Trinajstić information content (AvgIpc) is 3.19. The number of ether oxygens (including phenoxy) is 1. The van der Waals surface area contributed by atoms with Crippen LogP contribution in [0.15, 0.2) is 56.8 Å². The van der Waals surface area contributed by atoms with Crippen molar-refractivity contribution in [3.8, 4) is 0 Å². The van der Waals surface area contributed by atoms with Gasteiger partial charge in [0.1, 0.15) is 6.54 Å². The molecule has 8 nitrogen and oxygen atoms in total. The van der Waals surface area contributed by atoms with Crippen molar-refractivity contribution in [1.29, 1.82) is 0 Å². The molecule has 1 atom stereocenters. The van der Waals surface area contributed by atoms with Crippen LogP contribution in [0.5, 0.6) is 0 Å². The number of methoxy groups -OCH3 is 1. The SMILES string of the molecule is CCC1CCCCN1S(=O)(=O)c1ccc(C(=O)N=c2sc3cc(Br)ccc3n2CC(=O)OC)cc1. The second-order valence-electron chi connectivity index (χ2n) is 8.27. The van der Waals surface area contributed by atoms with Gasteiger partial charge in [0.25, 0.3) is 5.91 Å². The van der Waals surface area contributed by atoms with Crippen LogP contribution in [0.4, 0.5) is 0 Å². The van der Waals surface area contributed by atoms with Crippen molar-refractivity contribution in [2.24, 2.45) is 4.99 Å². The number of amides is 1. The highest BCUT2D eigenvalue weighted by molar-refractivity contribution is 9.10. The summed E-state index contributed by atoms with van der Waals surface area (Å²) >= 11 is 4.71. The van der Waals surface area contributed by atoms with Crippen molar-refractivity contribution in [3.05, 3.63) is 57.3 Å². The molecule has 0 radical (unpaired) electrons. The highest BCUT2D eigenvalue weighted by Gasteiger charge is 2.32. The number of fused-ring (bicyclic) bond motifs is 1. The number of esters is 1. The number of benzene rings is 2. The number of carbonyl (C=O) groups is 2. The molecular weight excluding hydrogens is 554 g/mol. The topological polar surface area (TPSA) is 98.0 Å². The van der Waals surface area contributed by atoms with E-state index in [1.807, 2.05) is 25.1 Å². The first-order chi connectivity index (χ1) is 16.7. The molecule has 11 heteroatoms. The van der Waals surface area contributed by atoms with Gasteiger partial charge < -0.3 is 9.30 Å². The van der Waals surface area contributed by atoms with Crippen molar-refractivity contribution in [2.45, 2.75) is 50.1 Å². The summed E-state index contributed by atoms with van der Waals surface area (Å²) < 4.78 is 36.1. The molecule has 3 aromatic rings. The first-order valence-electron chi connectivity index (χ1n) is 11.3. The summed E-state index contributed by atoms with van der Waals surface area (Å²) in [6.45, 7) is 2.43. The van der Waals surface area contributed by atoms with E-state index in [1.54, 1.807) is 8.87 Å². The fourth-order valence-electron chi connectivity index (χ4n) is 4.23. The van der Waals surface area contributed by atoms with Crippen molar-refractivity contribution in [1.82, 2.24) is 8.87 Å². The molecule has 0 aliphatic carbocycles. The molecular formula is C24H26BrN3O5S2. The van der Waals surface area contributed by atoms with Crippen LogP contribution in [-0.4, -0.2) is 48.9 Å². The quantitative estimate of drug-likeness (QED) is 0.405. The number of piperidine rings is 1. The standard InChI is InChI=1S/C24H26BrN3O5S2/c1-3-18-6-4-5-13-28(18)35(31,32)19-10-7-16(8-11-19)23(30)26-24-27(15-22(29)33-2)20-12-9-17(25)14-21(20)34-24/h7-12,14,18H,3-6,13,15H2,1-2H3. The van der Waals surface area contributed by atoms with Gasteiger partial charge in [-0.1, -0.05) is 40.6 Å². The Bertz CT molecular complexity index is 1430. The minimum Gasteiger partial charge on any atom is -0.468 e. The molecule has 1 aliphatic rings. The Balaban J connectivity index is 1.66. The summed E-state index contributed by atoms with van der Waals surface area (Å²) in [6.07, 6.45) is 3.51. The van der Waals surface area contributed by atoms with E-state index in [0.717, 1.165) is 40.4 Å². The van der Waals surface area contributed by atoms with Crippen LogP contribution < -0.4 is 4.80 Å². The van der Waals surface area contributed by atoms with Crippen molar-refractivity contribution in [2.75, 3.05) is 13.7 Å². The van der Waals surface area contributed by atoms with Gasteiger partial charge in [-0.2, -0.15) is 9.30 Å². The fourth-order valence-corrected chi connectivity index (χ4v) is 7.58. The summed E-state index contributed by atoms with van der Waals surface area (Å²) in [7, 11) is -2.33. The van der Waals surface area contributed by atoms with Gasteiger partial charge in [-0.3, -0.25) is 9.59 Å². The highest BCUT2D eigenvalue weighted by atomic mass is 79.9. The lowest BCUT2D eigenvalue weighted by Crippen LogP contribution is -2.43. The number of thiazole rings is 1. The second kappa shape index (κ2) is 10.7. The molecule has 1 aromatic heterocycles. The smallest absolute Gasteiger partial charge is 0.325 e. The molecule has 35 heavy (non-hydrogen) atoms. The van der Waals surface area contributed by atoms with Crippen LogP contribution in [0.1, 0.15) is 43.0 Å². The minimum atomic E-state index is -3.64. The predicted octanol–water partition coefficient (Wildman–Crippen LogP) is 4.33. The Morgan fingerprint density at radius 1 is 1.17 bits per heavy atom. The van der Waals surface area contributed by atoms with Crippen LogP contribution in [0.25, 0.3) is 10.2 Å². The third-order valence-electron chi connectivity index (χ3n) is 6.11. The van der Waals surface area contributed by atoms with Crippen LogP contribution in [0, 0.1) is 0 Å². The number of aromatic nitrogens is 1.